The molecule has 5 nitrogen and oxygen atoms in total. The SMILES string of the molecule is O=C(NCCCCc1ccccc1)[C@H](Cc1cc[c]cc1)NS(=O)(=O)c1cccc2ccccc12. The molecule has 0 aliphatic heterocycles. The zero-order chi connectivity index (χ0) is 24.5. The highest BCUT2D eigenvalue weighted by Crippen LogP contribution is 2.23. The van der Waals surface area contributed by atoms with Crippen molar-refractivity contribution >= 4 is 26.7 Å². The maximum atomic E-state index is 13.4. The molecule has 0 saturated heterocycles. The minimum Gasteiger partial charge on any atom is -0.355 e. The van der Waals surface area contributed by atoms with E-state index in [9.17, 15) is 13.2 Å². The van der Waals surface area contributed by atoms with Gasteiger partial charge in [0.15, 0.2) is 0 Å². The van der Waals surface area contributed by atoms with Gasteiger partial charge in [-0.2, -0.15) is 4.72 Å². The summed E-state index contributed by atoms with van der Waals surface area (Å²) in [5.41, 5.74) is 2.12. The monoisotopic (exact) mass is 485 g/mol. The van der Waals surface area contributed by atoms with Gasteiger partial charge in [0.25, 0.3) is 0 Å². The summed E-state index contributed by atoms with van der Waals surface area (Å²) in [7, 11) is -3.94. The molecular weight excluding hydrogens is 456 g/mol. The van der Waals surface area contributed by atoms with E-state index in [4.69, 9.17) is 0 Å². The van der Waals surface area contributed by atoms with Gasteiger partial charge in [-0.15, -0.1) is 0 Å². The van der Waals surface area contributed by atoms with E-state index in [1.807, 2.05) is 54.6 Å². The van der Waals surface area contributed by atoms with Crippen LogP contribution in [-0.2, 0) is 27.7 Å². The van der Waals surface area contributed by atoms with Crippen LogP contribution in [0.3, 0.4) is 0 Å². The number of hydrogen-bond donors (Lipinski definition) is 2. The molecule has 179 valence electrons. The minimum atomic E-state index is -3.94. The number of fused-ring (bicyclic) bond motifs is 1. The number of benzene rings is 4. The van der Waals surface area contributed by atoms with Gasteiger partial charge in [-0.05, 0) is 54.3 Å². The Labute approximate surface area is 207 Å². The van der Waals surface area contributed by atoms with Crippen LogP contribution in [0.1, 0.15) is 24.0 Å². The molecule has 1 amide bonds. The topological polar surface area (TPSA) is 75.3 Å². The van der Waals surface area contributed by atoms with Crippen LogP contribution in [0, 0.1) is 6.07 Å². The van der Waals surface area contributed by atoms with Crippen molar-refractivity contribution in [1.29, 1.82) is 0 Å². The van der Waals surface area contributed by atoms with Crippen molar-refractivity contribution in [2.24, 2.45) is 0 Å². The maximum absolute atomic E-state index is 13.4. The highest BCUT2D eigenvalue weighted by Gasteiger charge is 2.27. The highest BCUT2D eigenvalue weighted by atomic mass is 32.2. The Hall–Kier alpha value is -3.48. The molecule has 4 aromatic carbocycles. The third-order valence-electron chi connectivity index (χ3n) is 5.91. The summed E-state index contributed by atoms with van der Waals surface area (Å²) in [5.74, 6) is -0.332. The van der Waals surface area contributed by atoms with Gasteiger partial charge in [0.05, 0.1) is 4.90 Å². The smallest absolute Gasteiger partial charge is 0.241 e. The normalized spacial score (nSPS) is 12.3. The lowest BCUT2D eigenvalue weighted by Gasteiger charge is -2.19. The number of nitrogens with one attached hydrogen (secondary N) is 2. The molecule has 0 unspecified atom stereocenters. The fraction of sp³-hybridized carbons (Fsp3) is 0.207. The molecule has 1 radical (unpaired) electrons. The van der Waals surface area contributed by atoms with Gasteiger partial charge >= 0.3 is 0 Å². The fourth-order valence-corrected chi connectivity index (χ4v) is 5.52. The summed E-state index contributed by atoms with van der Waals surface area (Å²) in [4.78, 5) is 13.3. The van der Waals surface area contributed by atoms with Gasteiger partial charge in [-0.3, -0.25) is 4.79 Å². The predicted molar refractivity (Wildman–Crippen MR) is 139 cm³/mol. The first kappa shape index (κ1) is 24.6. The number of rotatable bonds is 11. The lowest BCUT2D eigenvalue weighted by molar-refractivity contribution is -0.122. The Morgan fingerprint density at radius 1 is 0.800 bits per heavy atom. The van der Waals surface area contributed by atoms with Gasteiger partial charge in [-0.25, -0.2) is 8.42 Å². The van der Waals surface area contributed by atoms with Crippen molar-refractivity contribution < 1.29 is 13.2 Å². The first-order valence-corrected chi connectivity index (χ1v) is 13.3. The Morgan fingerprint density at radius 2 is 1.51 bits per heavy atom. The second-order valence-electron chi connectivity index (χ2n) is 8.50. The van der Waals surface area contributed by atoms with E-state index in [1.54, 1.807) is 30.3 Å². The minimum absolute atomic E-state index is 0.164. The number of amides is 1. The molecule has 4 rings (SSSR count). The van der Waals surface area contributed by atoms with E-state index in [0.29, 0.717) is 11.9 Å². The van der Waals surface area contributed by atoms with Crippen LogP contribution in [0.25, 0.3) is 10.8 Å². The predicted octanol–water partition coefficient (Wildman–Crippen LogP) is 4.67. The van der Waals surface area contributed by atoms with E-state index in [1.165, 1.54) is 5.56 Å². The quantitative estimate of drug-likeness (QED) is 0.303. The van der Waals surface area contributed by atoms with Crippen molar-refractivity contribution in [2.45, 2.75) is 36.6 Å². The first-order valence-electron chi connectivity index (χ1n) is 11.8. The van der Waals surface area contributed by atoms with E-state index >= 15 is 0 Å². The van der Waals surface area contributed by atoms with E-state index in [2.05, 4.69) is 28.2 Å². The number of carbonyl (C=O) groups is 1. The first-order chi connectivity index (χ1) is 17.0. The van der Waals surface area contributed by atoms with Crippen LogP contribution < -0.4 is 10.0 Å². The maximum Gasteiger partial charge on any atom is 0.241 e. The van der Waals surface area contributed by atoms with Crippen molar-refractivity contribution in [3.8, 4) is 0 Å². The molecular formula is C29H29N2O3S. The molecule has 0 fully saturated rings. The Kier molecular flexibility index (Phi) is 8.29. The van der Waals surface area contributed by atoms with E-state index in [-0.39, 0.29) is 17.2 Å². The molecule has 0 spiro atoms. The third-order valence-corrected chi connectivity index (χ3v) is 7.44. The number of aryl methyl sites for hydroxylation is 1. The Balaban J connectivity index is 1.45. The lowest BCUT2D eigenvalue weighted by Crippen LogP contribution is -2.48. The zero-order valence-electron chi connectivity index (χ0n) is 19.5. The molecule has 1 atom stereocenters. The number of sulfonamides is 1. The molecule has 6 heteroatoms. The van der Waals surface area contributed by atoms with Gasteiger partial charge < -0.3 is 5.32 Å². The highest BCUT2D eigenvalue weighted by molar-refractivity contribution is 7.89. The molecule has 0 saturated carbocycles. The second kappa shape index (κ2) is 11.8. The van der Waals surface area contributed by atoms with Gasteiger partial charge in [-0.1, -0.05) is 91.0 Å². The van der Waals surface area contributed by atoms with Crippen molar-refractivity contribution in [2.75, 3.05) is 6.54 Å². The molecule has 0 aliphatic rings. The summed E-state index contributed by atoms with van der Waals surface area (Å²) in [6.07, 6.45) is 2.93. The number of unbranched alkanes of at least 4 members (excludes halogenated alkanes) is 1. The third kappa shape index (κ3) is 6.78. The second-order valence-corrected chi connectivity index (χ2v) is 10.2. The average molecular weight is 486 g/mol. The van der Waals surface area contributed by atoms with Gasteiger partial charge in [0, 0.05) is 11.9 Å². The standard InChI is InChI=1S/C29H29N2O3S/c32-29(30-21-10-9-14-23-12-3-1-4-13-23)27(22-24-15-5-2-6-16-24)31-35(33,34)28-20-11-18-25-17-7-8-19-26(25)28/h1,3-8,11-13,15-20,27,31H,9-10,14,21-22H2,(H,30,32)/t27-/m0/s1. The van der Waals surface area contributed by atoms with E-state index < -0.39 is 16.1 Å². The van der Waals surface area contributed by atoms with Crippen LogP contribution in [-0.4, -0.2) is 26.9 Å². The molecule has 0 heterocycles. The summed E-state index contributed by atoms with van der Waals surface area (Å²) < 4.78 is 29.4. The largest absolute Gasteiger partial charge is 0.355 e. The summed E-state index contributed by atoms with van der Waals surface area (Å²) >= 11 is 0. The van der Waals surface area contributed by atoms with E-state index in [0.717, 1.165) is 30.2 Å². The van der Waals surface area contributed by atoms with Gasteiger partial charge in [0.2, 0.25) is 15.9 Å². The van der Waals surface area contributed by atoms with Crippen LogP contribution in [0.2, 0.25) is 0 Å². The molecule has 2 N–H and O–H groups in total. The summed E-state index contributed by atoms with van der Waals surface area (Å²) in [5, 5.41) is 4.38. The average Bonchev–Trinajstić information content (AvgIpc) is 2.88. The summed E-state index contributed by atoms with van der Waals surface area (Å²) in [6, 6.07) is 31.9. The van der Waals surface area contributed by atoms with Crippen LogP contribution in [0.4, 0.5) is 0 Å². The summed E-state index contributed by atoms with van der Waals surface area (Å²) in [6.45, 7) is 0.487. The van der Waals surface area contributed by atoms with Crippen LogP contribution in [0.5, 0.6) is 0 Å². The zero-order valence-corrected chi connectivity index (χ0v) is 20.3. The van der Waals surface area contributed by atoms with Gasteiger partial charge in [0.1, 0.15) is 6.04 Å². The van der Waals surface area contributed by atoms with Crippen molar-refractivity contribution in [3.63, 3.8) is 0 Å². The molecule has 0 aromatic heterocycles. The Bertz CT molecular complexity index is 1350. The molecule has 0 aliphatic carbocycles. The molecule has 4 aromatic rings. The Morgan fingerprint density at radius 3 is 2.31 bits per heavy atom. The van der Waals surface area contributed by atoms with Crippen LogP contribution in [0.15, 0.2) is 102 Å². The van der Waals surface area contributed by atoms with Crippen LogP contribution >= 0.6 is 0 Å². The fourth-order valence-electron chi connectivity index (χ4n) is 4.10. The molecule has 0 bridgehead atoms. The molecule has 35 heavy (non-hydrogen) atoms. The van der Waals surface area contributed by atoms with Crippen molar-refractivity contribution in [1.82, 2.24) is 10.0 Å². The lowest BCUT2D eigenvalue weighted by atomic mass is 10.1. The number of hydrogen-bond acceptors (Lipinski definition) is 3. The van der Waals surface area contributed by atoms with Crippen molar-refractivity contribution in [3.05, 3.63) is 114 Å². The number of carbonyl (C=O) groups excluding carboxylic acids is 1.